The number of benzene rings is 1. The van der Waals surface area contributed by atoms with Crippen molar-refractivity contribution in [3.63, 3.8) is 0 Å². The zero-order valence-corrected chi connectivity index (χ0v) is 14.2. The van der Waals surface area contributed by atoms with E-state index in [1.165, 1.54) is 4.31 Å². The topological polar surface area (TPSA) is 57.6 Å². The van der Waals surface area contributed by atoms with Crippen LogP contribution in [0.1, 0.15) is 17.5 Å². The number of rotatable bonds is 6. The molecule has 0 aromatic heterocycles. The van der Waals surface area contributed by atoms with Gasteiger partial charge in [-0.05, 0) is 36.9 Å². The minimum absolute atomic E-state index is 0.0265. The van der Waals surface area contributed by atoms with Crippen molar-refractivity contribution in [2.75, 3.05) is 32.2 Å². The fourth-order valence-corrected chi connectivity index (χ4v) is 3.50. The molecule has 0 saturated carbocycles. The van der Waals surface area contributed by atoms with E-state index in [0.717, 1.165) is 16.9 Å². The van der Waals surface area contributed by atoms with Gasteiger partial charge < -0.3 is 5.11 Å². The Hall–Kier alpha value is -1.00. The molecule has 0 fully saturated rings. The summed E-state index contributed by atoms with van der Waals surface area (Å²) < 4.78 is 26.2. The standard InChI is InChI=1S/C15H21NO3S2/c1-13-12-15(8-7-14(13)6-4-5-10-17)21(18,19)16(2)9-11-20-3/h7-8,12,17H,5,9-11H2,1-3H3. The maximum atomic E-state index is 12.4. The second-order valence-electron chi connectivity index (χ2n) is 4.57. The number of aliphatic hydroxyl groups excluding tert-OH is 1. The van der Waals surface area contributed by atoms with Gasteiger partial charge >= 0.3 is 0 Å². The lowest BCUT2D eigenvalue weighted by Crippen LogP contribution is -2.29. The highest BCUT2D eigenvalue weighted by molar-refractivity contribution is 7.98. The first-order chi connectivity index (χ1) is 9.93. The van der Waals surface area contributed by atoms with Gasteiger partial charge in [-0.1, -0.05) is 11.8 Å². The summed E-state index contributed by atoms with van der Waals surface area (Å²) in [6, 6.07) is 4.95. The Balaban J connectivity index is 3.00. The molecule has 1 N–H and O–H groups in total. The van der Waals surface area contributed by atoms with Crippen LogP contribution in [-0.4, -0.2) is 50.0 Å². The molecule has 6 heteroatoms. The predicted octanol–water partition coefficient (Wildman–Crippen LogP) is 1.71. The zero-order chi connectivity index (χ0) is 15.9. The van der Waals surface area contributed by atoms with E-state index in [4.69, 9.17) is 5.11 Å². The maximum Gasteiger partial charge on any atom is 0.242 e. The van der Waals surface area contributed by atoms with E-state index < -0.39 is 10.0 Å². The summed E-state index contributed by atoms with van der Waals surface area (Å²) in [5.74, 6) is 6.54. The van der Waals surface area contributed by atoms with Crippen molar-refractivity contribution in [2.45, 2.75) is 18.2 Å². The highest BCUT2D eigenvalue weighted by Gasteiger charge is 2.20. The fraction of sp³-hybridized carbons (Fsp3) is 0.467. The molecule has 0 radical (unpaired) electrons. The molecule has 0 bridgehead atoms. The predicted molar refractivity (Wildman–Crippen MR) is 88.0 cm³/mol. The minimum atomic E-state index is -3.44. The van der Waals surface area contributed by atoms with Gasteiger partial charge in [-0.25, -0.2) is 12.7 Å². The number of thioether (sulfide) groups is 1. The van der Waals surface area contributed by atoms with Crippen LogP contribution in [0.3, 0.4) is 0 Å². The smallest absolute Gasteiger partial charge is 0.242 e. The molecule has 1 aromatic carbocycles. The number of sulfonamides is 1. The molecule has 1 aromatic rings. The Morgan fingerprint density at radius 1 is 1.38 bits per heavy atom. The minimum Gasteiger partial charge on any atom is -0.395 e. The molecule has 0 saturated heterocycles. The van der Waals surface area contributed by atoms with E-state index in [1.54, 1.807) is 37.0 Å². The normalized spacial score (nSPS) is 11.3. The van der Waals surface area contributed by atoms with Gasteiger partial charge in [-0.15, -0.1) is 0 Å². The third-order valence-electron chi connectivity index (χ3n) is 2.98. The second-order valence-corrected chi connectivity index (χ2v) is 7.60. The molecule has 4 nitrogen and oxygen atoms in total. The summed E-state index contributed by atoms with van der Waals surface area (Å²) in [4.78, 5) is 0.288. The van der Waals surface area contributed by atoms with Gasteiger partial charge in [0, 0.05) is 31.3 Å². The summed E-state index contributed by atoms with van der Waals surface area (Å²) in [5, 5.41) is 8.71. The van der Waals surface area contributed by atoms with Crippen LogP contribution in [0.25, 0.3) is 0 Å². The van der Waals surface area contributed by atoms with Crippen molar-refractivity contribution in [1.29, 1.82) is 0 Å². The second kappa shape index (κ2) is 8.44. The van der Waals surface area contributed by atoms with E-state index in [9.17, 15) is 8.42 Å². The molecule has 0 aliphatic carbocycles. The van der Waals surface area contributed by atoms with Crippen LogP contribution in [0.2, 0.25) is 0 Å². The molecule has 0 heterocycles. The van der Waals surface area contributed by atoms with Gasteiger partial charge in [0.2, 0.25) is 10.0 Å². The molecule has 0 amide bonds. The molecule has 21 heavy (non-hydrogen) atoms. The maximum absolute atomic E-state index is 12.4. The van der Waals surface area contributed by atoms with Crippen LogP contribution < -0.4 is 0 Å². The van der Waals surface area contributed by atoms with Crippen LogP contribution >= 0.6 is 11.8 Å². The quantitative estimate of drug-likeness (QED) is 0.808. The molecule has 1 rings (SSSR count). The van der Waals surface area contributed by atoms with Gasteiger partial charge in [0.15, 0.2) is 0 Å². The van der Waals surface area contributed by atoms with E-state index in [0.29, 0.717) is 13.0 Å². The average molecular weight is 327 g/mol. The number of aliphatic hydroxyl groups is 1. The SMILES string of the molecule is CSCCN(C)S(=O)(=O)c1ccc(C#CCCO)c(C)c1. The van der Waals surface area contributed by atoms with Crippen molar-refractivity contribution >= 4 is 21.8 Å². The lowest BCUT2D eigenvalue weighted by atomic mass is 10.1. The lowest BCUT2D eigenvalue weighted by molar-refractivity contribution is 0.305. The molecule has 0 spiro atoms. The summed E-state index contributed by atoms with van der Waals surface area (Å²) in [6.07, 6.45) is 2.36. The number of nitrogens with zero attached hydrogens (tertiary/aromatic N) is 1. The Morgan fingerprint density at radius 3 is 2.67 bits per heavy atom. The Labute approximate surface area is 131 Å². The lowest BCUT2D eigenvalue weighted by Gasteiger charge is -2.17. The summed E-state index contributed by atoms with van der Waals surface area (Å²) in [7, 11) is -1.85. The number of aryl methyl sites for hydroxylation is 1. The van der Waals surface area contributed by atoms with Crippen molar-refractivity contribution in [2.24, 2.45) is 0 Å². The van der Waals surface area contributed by atoms with E-state index in [2.05, 4.69) is 11.8 Å². The summed E-state index contributed by atoms with van der Waals surface area (Å²) in [5.41, 5.74) is 1.61. The monoisotopic (exact) mass is 327 g/mol. The van der Waals surface area contributed by atoms with Gasteiger partial charge in [0.25, 0.3) is 0 Å². The van der Waals surface area contributed by atoms with Crippen LogP contribution in [0.4, 0.5) is 0 Å². The molecular formula is C15H21NO3S2. The molecular weight excluding hydrogens is 306 g/mol. The summed E-state index contributed by atoms with van der Waals surface area (Å²) >= 11 is 1.61. The zero-order valence-electron chi connectivity index (χ0n) is 12.6. The van der Waals surface area contributed by atoms with Crippen LogP contribution in [0.15, 0.2) is 23.1 Å². The van der Waals surface area contributed by atoms with E-state index in [1.807, 2.05) is 13.2 Å². The molecule has 0 atom stereocenters. The molecule has 116 valence electrons. The van der Waals surface area contributed by atoms with Gasteiger partial charge in [0.1, 0.15) is 0 Å². The molecule has 0 aliphatic heterocycles. The van der Waals surface area contributed by atoms with Crippen molar-refractivity contribution in [1.82, 2.24) is 4.31 Å². The summed E-state index contributed by atoms with van der Waals surface area (Å²) in [6.45, 7) is 2.35. The number of hydrogen-bond donors (Lipinski definition) is 1. The number of hydrogen-bond acceptors (Lipinski definition) is 4. The van der Waals surface area contributed by atoms with Crippen molar-refractivity contribution in [3.05, 3.63) is 29.3 Å². The Kier molecular flexibility index (Phi) is 7.26. The average Bonchev–Trinajstić information content (AvgIpc) is 2.46. The third kappa shape index (κ3) is 5.04. The first-order valence-corrected chi connectivity index (χ1v) is 9.42. The fourth-order valence-electron chi connectivity index (χ4n) is 1.67. The first kappa shape index (κ1) is 18.1. The Morgan fingerprint density at radius 2 is 2.10 bits per heavy atom. The van der Waals surface area contributed by atoms with E-state index in [-0.39, 0.29) is 11.5 Å². The highest BCUT2D eigenvalue weighted by Crippen LogP contribution is 2.18. The van der Waals surface area contributed by atoms with Crippen molar-refractivity contribution in [3.8, 4) is 11.8 Å². The van der Waals surface area contributed by atoms with Crippen LogP contribution in [0.5, 0.6) is 0 Å². The third-order valence-corrected chi connectivity index (χ3v) is 5.42. The molecule has 0 unspecified atom stereocenters. The van der Waals surface area contributed by atoms with Crippen molar-refractivity contribution < 1.29 is 13.5 Å². The van der Waals surface area contributed by atoms with E-state index >= 15 is 0 Å². The Bertz CT molecular complexity index is 630. The van der Waals surface area contributed by atoms with Gasteiger partial charge in [0.05, 0.1) is 11.5 Å². The first-order valence-electron chi connectivity index (χ1n) is 6.59. The molecule has 0 aliphatic rings. The highest BCUT2D eigenvalue weighted by atomic mass is 32.2. The van der Waals surface area contributed by atoms with Crippen LogP contribution in [-0.2, 0) is 10.0 Å². The van der Waals surface area contributed by atoms with Gasteiger partial charge in [-0.2, -0.15) is 11.8 Å². The largest absolute Gasteiger partial charge is 0.395 e. The van der Waals surface area contributed by atoms with Gasteiger partial charge in [-0.3, -0.25) is 0 Å². The van der Waals surface area contributed by atoms with Crippen LogP contribution in [0, 0.1) is 18.8 Å².